The predicted octanol–water partition coefficient (Wildman–Crippen LogP) is 4.28. The average molecular weight is 505 g/mol. The second-order valence-corrected chi connectivity index (χ2v) is 9.98. The molecule has 1 rings (SSSR count). The van der Waals surface area contributed by atoms with Crippen LogP contribution in [0.1, 0.15) is 91.0 Å². The molecule has 202 valence electrons. The highest BCUT2D eigenvalue weighted by molar-refractivity contribution is 6.36. The number of rotatable bonds is 17. The average Bonchev–Trinajstić information content (AvgIpc) is 2.82. The fraction of sp³-hybridized carbons (Fsp3) is 0.643. The molecular formula is C28H44N2O6. The third-order valence-electron chi connectivity index (χ3n) is 5.53. The van der Waals surface area contributed by atoms with Crippen LogP contribution in [0.3, 0.4) is 0 Å². The Balaban J connectivity index is 2.37. The van der Waals surface area contributed by atoms with Gasteiger partial charge in [-0.2, -0.15) is 0 Å². The molecule has 1 aromatic rings. The van der Waals surface area contributed by atoms with Gasteiger partial charge in [0.05, 0.1) is 7.11 Å². The van der Waals surface area contributed by atoms with Crippen molar-refractivity contribution in [3.05, 3.63) is 29.8 Å². The van der Waals surface area contributed by atoms with Crippen LogP contribution >= 0.6 is 0 Å². The topological polar surface area (TPSA) is 111 Å². The molecule has 8 nitrogen and oxygen atoms in total. The van der Waals surface area contributed by atoms with Crippen LogP contribution in [0.2, 0.25) is 0 Å². The molecule has 0 spiro atoms. The van der Waals surface area contributed by atoms with Gasteiger partial charge in [-0.25, -0.2) is 0 Å². The summed E-state index contributed by atoms with van der Waals surface area (Å²) in [5, 5.41) is 5.43. The van der Waals surface area contributed by atoms with Crippen LogP contribution in [0.4, 0.5) is 0 Å². The molecule has 0 bridgehead atoms. The zero-order valence-corrected chi connectivity index (χ0v) is 22.6. The predicted molar refractivity (Wildman–Crippen MR) is 140 cm³/mol. The van der Waals surface area contributed by atoms with Gasteiger partial charge in [0, 0.05) is 19.4 Å². The summed E-state index contributed by atoms with van der Waals surface area (Å²) in [5.41, 5.74) is 0.638. The number of amides is 2. The van der Waals surface area contributed by atoms with Gasteiger partial charge in [-0.05, 0) is 77.0 Å². The molecule has 0 aliphatic heterocycles. The number of benzene rings is 1. The highest BCUT2D eigenvalue weighted by Crippen LogP contribution is 2.14. The van der Waals surface area contributed by atoms with E-state index < -0.39 is 23.3 Å². The maximum absolute atomic E-state index is 12.6. The molecule has 0 fully saturated rings. The lowest BCUT2D eigenvalue weighted by molar-refractivity contribution is -0.154. The highest BCUT2D eigenvalue weighted by Gasteiger charge is 2.23. The number of esters is 1. The van der Waals surface area contributed by atoms with Crippen molar-refractivity contribution in [3.8, 4) is 5.75 Å². The van der Waals surface area contributed by atoms with Gasteiger partial charge in [-0.3, -0.25) is 19.2 Å². The number of hydrogen-bond donors (Lipinski definition) is 2. The summed E-state index contributed by atoms with van der Waals surface area (Å²) >= 11 is 0. The first-order valence-corrected chi connectivity index (χ1v) is 13.0. The van der Waals surface area contributed by atoms with Crippen LogP contribution in [-0.4, -0.2) is 48.9 Å². The Morgan fingerprint density at radius 2 is 1.58 bits per heavy atom. The van der Waals surface area contributed by atoms with E-state index in [4.69, 9.17) is 9.47 Å². The molecule has 0 heterocycles. The second-order valence-electron chi connectivity index (χ2n) is 9.98. The minimum absolute atomic E-state index is 0.148. The first-order valence-electron chi connectivity index (χ1n) is 13.0. The number of carbonyl (C=O) groups is 4. The normalized spacial score (nSPS) is 11.9. The van der Waals surface area contributed by atoms with E-state index in [0.717, 1.165) is 37.0 Å². The first kappa shape index (κ1) is 31.1. The molecule has 1 atom stereocenters. The van der Waals surface area contributed by atoms with Gasteiger partial charge in [-0.1, -0.05) is 31.9 Å². The highest BCUT2D eigenvalue weighted by atomic mass is 16.6. The van der Waals surface area contributed by atoms with Crippen molar-refractivity contribution in [2.24, 2.45) is 0 Å². The Bertz CT molecular complexity index is 829. The Kier molecular flexibility index (Phi) is 14.5. The summed E-state index contributed by atoms with van der Waals surface area (Å²) in [4.78, 5) is 49.1. The van der Waals surface area contributed by atoms with E-state index >= 15 is 0 Å². The number of ether oxygens (including phenoxy) is 2. The SMILES string of the molecule is CCCC[C@H](NC(=O)C(=O)CCCCc1ccc(OC)cc1)C(=O)NCCCCC(=O)OC(C)(C)C. The maximum atomic E-state index is 12.6. The summed E-state index contributed by atoms with van der Waals surface area (Å²) in [6.45, 7) is 7.86. The lowest BCUT2D eigenvalue weighted by atomic mass is 10.0. The van der Waals surface area contributed by atoms with Gasteiger partial charge in [0.25, 0.3) is 5.91 Å². The molecule has 0 aromatic heterocycles. The maximum Gasteiger partial charge on any atom is 0.306 e. The van der Waals surface area contributed by atoms with Gasteiger partial charge in [0.1, 0.15) is 17.4 Å². The minimum Gasteiger partial charge on any atom is -0.497 e. The standard InChI is InChI=1S/C28H44N2O6/c1-6-7-13-23(26(33)29-20-11-10-15-25(32)36-28(2,3)4)30-27(34)24(31)14-9-8-12-21-16-18-22(35-5)19-17-21/h16-19,23H,6-15,20H2,1-5H3,(H,29,33)(H,30,34)/t23-/m0/s1. The summed E-state index contributed by atoms with van der Waals surface area (Å²) in [6.07, 6.45) is 5.94. The van der Waals surface area contributed by atoms with E-state index in [1.165, 1.54) is 0 Å². The number of nitrogens with one attached hydrogen (secondary N) is 2. The zero-order chi connectivity index (χ0) is 27.0. The van der Waals surface area contributed by atoms with Crippen molar-refractivity contribution in [2.45, 2.75) is 104 Å². The van der Waals surface area contributed by atoms with Crippen molar-refractivity contribution < 1.29 is 28.7 Å². The number of carbonyl (C=O) groups excluding carboxylic acids is 4. The Morgan fingerprint density at radius 3 is 2.19 bits per heavy atom. The number of unbranched alkanes of at least 4 members (excludes halogenated alkanes) is 3. The molecule has 1 aromatic carbocycles. The lowest BCUT2D eigenvalue weighted by Gasteiger charge is -2.19. The van der Waals surface area contributed by atoms with E-state index in [2.05, 4.69) is 10.6 Å². The van der Waals surface area contributed by atoms with Gasteiger partial charge < -0.3 is 20.1 Å². The van der Waals surface area contributed by atoms with Gasteiger partial charge >= 0.3 is 5.97 Å². The molecule has 0 aliphatic carbocycles. The Morgan fingerprint density at radius 1 is 0.917 bits per heavy atom. The Hall–Kier alpha value is -2.90. The smallest absolute Gasteiger partial charge is 0.306 e. The van der Waals surface area contributed by atoms with E-state index in [1.807, 2.05) is 52.0 Å². The molecule has 0 unspecified atom stereocenters. The molecule has 8 heteroatoms. The third kappa shape index (κ3) is 13.9. The number of Topliss-reactive ketones (excluding diaryl/α,β-unsaturated/α-hetero) is 1. The van der Waals surface area contributed by atoms with Gasteiger partial charge in [0.15, 0.2) is 0 Å². The summed E-state index contributed by atoms with van der Waals surface area (Å²) in [5.74, 6) is -0.976. The zero-order valence-electron chi connectivity index (χ0n) is 22.6. The van der Waals surface area contributed by atoms with Crippen LogP contribution in [0.25, 0.3) is 0 Å². The Labute approximate surface area is 215 Å². The first-order chi connectivity index (χ1) is 17.1. The molecule has 2 amide bonds. The monoisotopic (exact) mass is 504 g/mol. The third-order valence-corrected chi connectivity index (χ3v) is 5.53. The fourth-order valence-corrected chi connectivity index (χ4v) is 3.56. The number of hydrogen-bond acceptors (Lipinski definition) is 6. The summed E-state index contributed by atoms with van der Waals surface area (Å²) in [7, 11) is 1.62. The summed E-state index contributed by atoms with van der Waals surface area (Å²) in [6, 6.07) is 7.03. The van der Waals surface area contributed by atoms with E-state index in [9.17, 15) is 19.2 Å². The number of methoxy groups -OCH3 is 1. The minimum atomic E-state index is -0.744. The van der Waals surface area contributed by atoms with Crippen LogP contribution in [0.15, 0.2) is 24.3 Å². The van der Waals surface area contributed by atoms with Crippen molar-refractivity contribution in [2.75, 3.05) is 13.7 Å². The van der Waals surface area contributed by atoms with Crippen LogP contribution < -0.4 is 15.4 Å². The van der Waals surface area contributed by atoms with Gasteiger partial charge in [-0.15, -0.1) is 0 Å². The van der Waals surface area contributed by atoms with Crippen molar-refractivity contribution in [1.82, 2.24) is 10.6 Å². The number of aryl methyl sites for hydroxylation is 1. The number of ketones is 1. The van der Waals surface area contributed by atoms with Gasteiger partial charge in [0.2, 0.25) is 11.7 Å². The molecule has 0 saturated carbocycles. The van der Waals surface area contributed by atoms with Crippen molar-refractivity contribution >= 4 is 23.6 Å². The quantitative estimate of drug-likeness (QED) is 0.186. The van der Waals surface area contributed by atoms with Crippen LogP contribution in [0, 0.1) is 0 Å². The molecule has 0 saturated heterocycles. The molecule has 2 N–H and O–H groups in total. The lowest BCUT2D eigenvalue weighted by Crippen LogP contribution is -2.48. The van der Waals surface area contributed by atoms with E-state index in [1.54, 1.807) is 7.11 Å². The summed E-state index contributed by atoms with van der Waals surface area (Å²) < 4.78 is 10.4. The fourth-order valence-electron chi connectivity index (χ4n) is 3.56. The largest absolute Gasteiger partial charge is 0.497 e. The van der Waals surface area contributed by atoms with Crippen molar-refractivity contribution in [3.63, 3.8) is 0 Å². The second kappa shape index (κ2) is 16.7. The molecule has 36 heavy (non-hydrogen) atoms. The van der Waals surface area contributed by atoms with E-state index in [-0.39, 0.29) is 24.7 Å². The van der Waals surface area contributed by atoms with E-state index in [0.29, 0.717) is 32.2 Å². The van der Waals surface area contributed by atoms with Crippen LogP contribution in [-0.2, 0) is 30.3 Å². The molecule has 0 radical (unpaired) electrons. The van der Waals surface area contributed by atoms with Crippen molar-refractivity contribution in [1.29, 1.82) is 0 Å². The van der Waals surface area contributed by atoms with Crippen LogP contribution in [0.5, 0.6) is 5.75 Å². The molecular weight excluding hydrogens is 460 g/mol. The molecule has 0 aliphatic rings.